The molecule has 0 heterocycles. The van der Waals surface area contributed by atoms with Crippen LogP contribution >= 0.6 is 15.9 Å². The SMILES string of the molecule is COCCCCOc1c(N)cc(F)cc1Br. The summed E-state index contributed by atoms with van der Waals surface area (Å²) in [6, 6.07) is 2.58. The first-order valence-electron chi connectivity index (χ1n) is 5.01. The number of nitrogen functional groups attached to an aromatic ring is 1. The van der Waals surface area contributed by atoms with Crippen LogP contribution in [0, 0.1) is 5.82 Å². The molecule has 2 N–H and O–H groups in total. The molecule has 0 radical (unpaired) electrons. The van der Waals surface area contributed by atoms with Crippen molar-refractivity contribution in [1.29, 1.82) is 0 Å². The average molecular weight is 292 g/mol. The monoisotopic (exact) mass is 291 g/mol. The van der Waals surface area contributed by atoms with Crippen LogP contribution in [0.2, 0.25) is 0 Å². The molecule has 1 rings (SSSR count). The van der Waals surface area contributed by atoms with Gasteiger partial charge in [-0.05, 0) is 34.8 Å². The minimum absolute atomic E-state index is 0.304. The summed E-state index contributed by atoms with van der Waals surface area (Å²) in [6.45, 7) is 1.25. The molecule has 5 heteroatoms. The summed E-state index contributed by atoms with van der Waals surface area (Å²) in [4.78, 5) is 0. The molecular formula is C11H15BrFNO2. The molecule has 0 aliphatic rings. The lowest BCUT2D eigenvalue weighted by atomic mass is 10.3. The summed E-state index contributed by atoms with van der Waals surface area (Å²) in [5.41, 5.74) is 5.95. The topological polar surface area (TPSA) is 44.5 Å². The van der Waals surface area contributed by atoms with Crippen molar-refractivity contribution in [2.75, 3.05) is 26.1 Å². The van der Waals surface area contributed by atoms with Crippen LogP contribution in [-0.4, -0.2) is 20.3 Å². The zero-order chi connectivity index (χ0) is 12.0. The van der Waals surface area contributed by atoms with Crippen molar-refractivity contribution in [2.45, 2.75) is 12.8 Å². The molecule has 0 saturated carbocycles. The van der Waals surface area contributed by atoms with Crippen LogP contribution in [0.3, 0.4) is 0 Å². The van der Waals surface area contributed by atoms with E-state index in [-0.39, 0.29) is 5.82 Å². The Hall–Kier alpha value is -0.810. The van der Waals surface area contributed by atoms with E-state index in [0.717, 1.165) is 12.8 Å². The summed E-state index contributed by atoms with van der Waals surface area (Å²) < 4.78 is 23.8. The number of halogens is 2. The highest BCUT2D eigenvalue weighted by Gasteiger charge is 2.08. The van der Waals surface area contributed by atoms with E-state index < -0.39 is 0 Å². The largest absolute Gasteiger partial charge is 0.490 e. The molecule has 0 aliphatic heterocycles. The van der Waals surface area contributed by atoms with Crippen molar-refractivity contribution in [3.8, 4) is 5.75 Å². The van der Waals surface area contributed by atoms with Gasteiger partial charge in [0.1, 0.15) is 5.82 Å². The quantitative estimate of drug-likeness (QED) is 0.647. The molecule has 1 aromatic carbocycles. The van der Waals surface area contributed by atoms with Crippen molar-refractivity contribution in [2.24, 2.45) is 0 Å². The number of methoxy groups -OCH3 is 1. The van der Waals surface area contributed by atoms with Gasteiger partial charge in [0, 0.05) is 19.8 Å². The van der Waals surface area contributed by atoms with E-state index in [2.05, 4.69) is 15.9 Å². The molecule has 1 aromatic rings. The van der Waals surface area contributed by atoms with Crippen LogP contribution in [0.25, 0.3) is 0 Å². The molecule has 90 valence electrons. The molecule has 0 aliphatic carbocycles. The first-order valence-corrected chi connectivity index (χ1v) is 5.80. The molecule has 0 saturated heterocycles. The van der Waals surface area contributed by atoms with Gasteiger partial charge in [-0.15, -0.1) is 0 Å². The summed E-state index contributed by atoms with van der Waals surface area (Å²) in [5, 5.41) is 0. The Bertz CT molecular complexity index is 324. The molecule has 0 aromatic heterocycles. The van der Waals surface area contributed by atoms with Gasteiger partial charge in [0.2, 0.25) is 0 Å². The first-order chi connectivity index (χ1) is 7.65. The fourth-order valence-electron chi connectivity index (χ4n) is 1.26. The van der Waals surface area contributed by atoms with Gasteiger partial charge >= 0.3 is 0 Å². The maximum Gasteiger partial charge on any atom is 0.156 e. The second kappa shape index (κ2) is 6.70. The first kappa shape index (κ1) is 13.3. The van der Waals surface area contributed by atoms with E-state index >= 15 is 0 Å². The Morgan fingerprint density at radius 1 is 1.31 bits per heavy atom. The van der Waals surface area contributed by atoms with E-state index in [1.54, 1.807) is 7.11 Å². The lowest BCUT2D eigenvalue weighted by Crippen LogP contribution is -2.03. The van der Waals surface area contributed by atoms with Gasteiger partial charge in [-0.2, -0.15) is 0 Å². The fourth-order valence-corrected chi connectivity index (χ4v) is 1.82. The van der Waals surface area contributed by atoms with Crippen LogP contribution in [0.1, 0.15) is 12.8 Å². The normalized spacial score (nSPS) is 10.4. The summed E-state index contributed by atoms with van der Waals surface area (Å²) in [5.74, 6) is 0.120. The van der Waals surface area contributed by atoms with E-state index in [9.17, 15) is 4.39 Å². The van der Waals surface area contributed by atoms with Crippen molar-refractivity contribution >= 4 is 21.6 Å². The predicted octanol–water partition coefficient (Wildman–Crippen LogP) is 2.98. The van der Waals surface area contributed by atoms with Crippen LogP contribution in [0.15, 0.2) is 16.6 Å². The van der Waals surface area contributed by atoms with Gasteiger partial charge in [0.05, 0.1) is 16.8 Å². The lowest BCUT2D eigenvalue weighted by Gasteiger charge is -2.10. The number of ether oxygens (including phenoxy) is 2. The third kappa shape index (κ3) is 3.98. The Morgan fingerprint density at radius 2 is 2.00 bits per heavy atom. The second-order valence-electron chi connectivity index (χ2n) is 3.35. The maximum absolute atomic E-state index is 12.9. The molecule has 0 unspecified atom stereocenters. The summed E-state index contributed by atoms with van der Waals surface area (Å²) in [7, 11) is 1.66. The Labute approximate surface area is 103 Å². The lowest BCUT2D eigenvalue weighted by molar-refractivity contribution is 0.184. The molecule has 3 nitrogen and oxygen atoms in total. The molecule has 0 fully saturated rings. The standard InChI is InChI=1S/C11H15BrFNO2/c1-15-4-2-3-5-16-11-9(12)6-8(13)7-10(11)14/h6-7H,2-5,14H2,1H3. The minimum atomic E-state index is -0.379. The molecule has 0 atom stereocenters. The smallest absolute Gasteiger partial charge is 0.156 e. The minimum Gasteiger partial charge on any atom is -0.490 e. The van der Waals surface area contributed by atoms with Crippen molar-refractivity contribution in [1.82, 2.24) is 0 Å². The van der Waals surface area contributed by atoms with E-state index in [1.165, 1.54) is 12.1 Å². The summed E-state index contributed by atoms with van der Waals surface area (Å²) >= 11 is 3.21. The fraction of sp³-hybridized carbons (Fsp3) is 0.455. The van der Waals surface area contributed by atoms with Gasteiger partial charge < -0.3 is 15.2 Å². The van der Waals surface area contributed by atoms with E-state index in [1.807, 2.05) is 0 Å². The molecule has 16 heavy (non-hydrogen) atoms. The van der Waals surface area contributed by atoms with Crippen LogP contribution in [0.4, 0.5) is 10.1 Å². The second-order valence-corrected chi connectivity index (χ2v) is 4.21. The molecule has 0 bridgehead atoms. The van der Waals surface area contributed by atoms with E-state index in [4.69, 9.17) is 15.2 Å². The Morgan fingerprint density at radius 3 is 2.62 bits per heavy atom. The number of rotatable bonds is 6. The van der Waals surface area contributed by atoms with Gasteiger partial charge in [-0.3, -0.25) is 0 Å². The molecule has 0 spiro atoms. The van der Waals surface area contributed by atoms with Gasteiger partial charge in [-0.1, -0.05) is 0 Å². The number of hydrogen-bond donors (Lipinski definition) is 1. The van der Waals surface area contributed by atoms with E-state index in [0.29, 0.717) is 29.1 Å². The van der Waals surface area contributed by atoms with Crippen molar-refractivity contribution in [3.63, 3.8) is 0 Å². The average Bonchev–Trinajstić information content (AvgIpc) is 2.20. The van der Waals surface area contributed by atoms with Crippen LogP contribution in [-0.2, 0) is 4.74 Å². The third-order valence-electron chi connectivity index (χ3n) is 2.03. The number of hydrogen-bond acceptors (Lipinski definition) is 3. The van der Waals surface area contributed by atoms with Crippen LogP contribution in [0.5, 0.6) is 5.75 Å². The van der Waals surface area contributed by atoms with Gasteiger partial charge in [0.25, 0.3) is 0 Å². The predicted molar refractivity (Wildman–Crippen MR) is 65.1 cm³/mol. The number of anilines is 1. The maximum atomic E-state index is 12.9. The van der Waals surface area contributed by atoms with Crippen LogP contribution < -0.4 is 10.5 Å². The Balaban J connectivity index is 2.47. The van der Waals surface area contributed by atoms with Gasteiger partial charge in [0.15, 0.2) is 5.75 Å². The summed E-state index contributed by atoms with van der Waals surface area (Å²) in [6.07, 6.45) is 1.80. The Kier molecular flexibility index (Phi) is 5.55. The van der Waals surface area contributed by atoms with Crippen molar-refractivity contribution in [3.05, 3.63) is 22.4 Å². The van der Waals surface area contributed by atoms with Gasteiger partial charge in [-0.25, -0.2) is 4.39 Å². The molecular weight excluding hydrogens is 277 g/mol. The highest BCUT2D eigenvalue weighted by molar-refractivity contribution is 9.10. The zero-order valence-corrected chi connectivity index (χ0v) is 10.7. The number of unbranched alkanes of at least 4 members (excludes halogenated alkanes) is 1. The van der Waals surface area contributed by atoms with Crippen molar-refractivity contribution < 1.29 is 13.9 Å². The number of benzene rings is 1. The highest BCUT2D eigenvalue weighted by Crippen LogP contribution is 2.32. The zero-order valence-electron chi connectivity index (χ0n) is 9.13. The third-order valence-corrected chi connectivity index (χ3v) is 2.62. The number of nitrogens with two attached hydrogens (primary N) is 1. The molecule has 0 amide bonds. The highest BCUT2D eigenvalue weighted by atomic mass is 79.9.